The Morgan fingerprint density at radius 2 is 2.00 bits per heavy atom. The Morgan fingerprint density at radius 3 is 2.58 bits per heavy atom. The minimum Gasteiger partial charge on any atom is -0.268 e. The van der Waals surface area contributed by atoms with E-state index in [0.29, 0.717) is 13.0 Å². The molecule has 98 valence electrons. The third-order valence-electron chi connectivity index (χ3n) is 2.60. The van der Waals surface area contributed by atoms with Crippen LogP contribution in [0.3, 0.4) is 0 Å². The average Bonchev–Trinajstić information content (AvgIpc) is 2.38. The van der Waals surface area contributed by atoms with E-state index >= 15 is 0 Å². The van der Waals surface area contributed by atoms with Crippen molar-refractivity contribution in [1.82, 2.24) is 9.78 Å². The summed E-state index contributed by atoms with van der Waals surface area (Å²) in [4.78, 5) is 21.7. The number of nitrogens with zero attached hydrogens (tertiary/aromatic N) is 3. The van der Waals surface area contributed by atoms with Gasteiger partial charge in [0.1, 0.15) is 0 Å². The molecule has 0 aliphatic rings. The lowest BCUT2D eigenvalue weighted by molar-refractivity contribution is -0.384. The number of rotatable bonds is 4. The summed E-state index contributed by atoms with van der Waals surface area (Å²) in [6.07, 6.45) is 2.23. The zero-order valence-corrected chi connectivity index (χ0v) is 12.0. The van der Waals surface area contributed by atoms with Gasteiger partial charge in [0.05, 0.1) is 11.1 Å². The number of hydrogen-bond donors (Lipinski definition) is 0. The van der Waals surface area contributed by atoms with Crippen LogP contribution >= 0.6 is 22.6 Å². The van der Waals surface area contributed by atoms with Crippen LogP contribution in [0, 0.1) is 13.7 Å². The second-order valence-electron chi connectivity index (χ2n) is 3.91. The third-order valence-corrected chi connectivity index (χ3v) is 3.19. The van der Waals surface area contributed by atoms with Crippen molar-refractivity contribution in [1.29, 1.82) is 0 Å². The SMILES string of the molecule is O=c1cc(I)cnn1CCc1ccc([N+](=O)[O-])cc1. The van der Waals surface area contributed by atoms with Crippen LogP contribution in [0.2, 0.25) is 0 Å². The van der Waals surface area contributed by atoms with Gasteiger partial charge >= 0.3 is 0 Å². The predicted octanol–water partition coefficient (Wildman–Crippen LogP) is 2.00. The summed E-state index contributed by atoms with van der Waals surface area (Å²) >= 11 is 2.03. The highest BCUT2D eigenvalue weighted by Gasteiger charge is 2.04. The third kappa shape index (κ3) is 3.60. The first-order valence-electron chi connectivity index (χ1n) is 5.52. The van der Waals surface area contributed by atoms with E-state index in [4.69, 9.17) is 0 Å². The molecule has 0 saturated carbocycles. The number of nitro groups is 1. The van der Waals surface area contributed by atoms with E-state index in [1.54, 1.807) is 18.3 Å². The maximum absolute atomic E-state index is 11.6. The van der Waals surface area contributed by atoms with E-state index in [-0.39, 0.29) is 11.2 Å². The highest BCUT2D eigenvalue weighted by Crippen LogP contribution is 2.12. The van der Waals surface area contributed by atoms with Crippen molar-refractivity contribution in [2.24, 2.45) is 0 Å². The molecular weight excluding hydrogens is 361 g/mol. The maximum atomic E-state index is 11.6. The summed E-state index contributed by atoms with van der Waals surface area (Å²) in [6, 6.07) is 7.81. The predicted molar refractivity (Wildman–Crippen MR) is 78.0 cm³/mol. The van der Waals surface area contributed by atoms with Crippen molar-refractivity contribution in [2.45, 2.75) is 13.0 Å². The van der Waals surface area contributed by atoms with Gasteiger partial charge in [-0.1, -0.05) is 12.1 Å². The van der Waals surface area contributed by atoms with Crippen molar-refractivity contribution < 1.29 is 4.92 Å². The Labute approximate surface area is 122 Å². The summed E-state index contributed by atoms with van der Waals surface area (Å²) in [5.74, 6) is 0. The van der Waals surface area contributed by atoms with Crippen LogP contribution in [0.5, 0.6) is 0 Å². The van der Waals surface area contributed by atoms with E-state index < -0.39 is 4.92 Å². The first-order chi connectivity index (χ1) is 9.06. The molecule has 6 nitrogen and oxygen atoms in total. The molecule has 19 heavy (non-hydrogen) atoms. The lowest BCUT2D eigenvalue weighted by Crippen LogP contribution is -2.23. The smallest absolute Gasteiger partial charge is 0.268 e. The summed E-state index contributed by atoms with van der Waals surface area (Å²) in [5.41, 5.74) is 0.847. The highest BCUT2D eigenvalue weighted by atomic mass is 127. The molecule has 0 unspecified atom stereocenters. The molecule has 0 saturated heterocycles. The number of nitro benzene ring substituents is 1. The van der Waals surface area contributed by atoms with Crippen LogP contribution < -0.4 is 5.56 Å². The Balaban J connectivity index is 2.06. The van der Waals surface area contributed by atoms with Crippen LogP contribution in [0.4, 0.5) is 5.69 Å². The molecule has 1 aromatic carbocycles. The molecule has 0 N–H and O–H groups in total. The molecule has 0 aliphatic heterocycles. The second kappa shape index (κ2) is 5.91. The van der Waals surface area contributed by atoms with E-state index in [9.17, 15) is 14.9 Å². The molecule has 7 heteroatoms. The minimum atomic E-state index is -0.436. The van der Waals surface area contributed by atoms with Gasteiger partial charge < -0.3 is 0 Å². The summed E-state index contributed by atoms with van der Waals surface area (Å²) < 4.78 is 2.18. The topological polar surface area (TPSA) is 78.0 Å². The molecule has 2 rings (SSSR count). The molecule has 0 spiro atoms. The number of halogens is 1. The molecule has 0 atom stereocenters. The van der Waals surface area contributed by atoms with Gasteiger partial charge in [0, 0.05) is 28.3 Å². The summed E-state index contributed by atoms with van der Waals surface area (Å²) in [5, 5.41) is 14.5. The molecule has 0 fully saturated rings. The maximum Gasteiger partial charge on any atom is 0.269 e. The Morgan fingerprint density at radius 1 is 1.32 bits per heavy atom. The van der Waals surface area contributed by atoms with E-state index in [0.717, 1.165) is 9.13 Å². The molecule has 0 bridgehead atoms. The van der Waals surface area contributed by atoms with Crippen molar-refractivity contribution in [3.8, 4) is 0 Å². The minimum absolute atomic E-state index is 0.0632. The lowest BCUT2D eigenvalue weighted by Gasteiger charge is -2.04. The van der Waals surface area contributed by atoms with Crippen LogP contribution in [-0.4, -0.2) is 14.7 Å². The molecule has 1 aromatic heterocycles. The summed E-state index contributed by atoms with van der Waals surface area (Å²) in [7, 11) is 0. The van der Waals surface area contributed by atoms with Gasteiger partial charge in [0.25, 0.3) is 11.2 Å². The van der Waals surface area contributed by atoms with Crippen LogP contribution in [-0.2, 0) is 13.0 Å². The van der Waals surface area contributed by atoms with Crippen molar-refractivity contribution in [3.63, 3.8) is 0 Å². The lowest BCUT2D eigenvalue weighted by atomic mass is 10.1. The fourth-order valence-electron chi connectivity index (χ4n) is 1.60. The van der Waals surface area contributed by atoms with Crippen molar-refractivity contribution in [2.75, 3.05) is 0 Å². The number of aromatic nitrogens is 2. The van der Waals surface area contributed by atoms with Gasteiger partial charge in [-0.2, -0.15) is 5.10 Å². The van der Waals surface area contributed by atoms with Crippen LogP contribution in [0.25, 0.3) is 0 Å². The van der Waals surface area contributed by atoms with Gasteiger partial charge in [-0.3, -0.25) is 14.9 Å². The molecule has 0 amide bonds. The van der Waals surface area contributed by atoms with Crippen LogP contribution in [0.15, 0.2) is 41.3 Å². The Bertz CT molecular complexity index is 652. The quantitative estimate of drug-likeness (QED) is 0.468. The first-order valence-corrected chi connectivity index (χ1v) is 6.60. The normalized spacial score (nSPS) is 10.4. The molecule has 2 aromatic rings. The fraction of sp³-hybridized carbons (Fsp3) is 0.167. The van der Waals surface area contributed by atoms with Gasteiger partial charge in [0.2, 0.25) is 0 Å². The zero-order valence-electron chi connectivity index (χ0n) is 9.82. The average molecular weight is 371 g/mol. The van der Waals surface area contributed by atoms with Gasteiger partial charge in [-0.15, -0.1) is 0 Å². The van der Waals surface area contributed by atoms with Crippen molar-refractivity contribution in [3.05, 3.63) is 66.1 Å². The van der Waals surface area contributed by atoms with Gasteiger partial charge in [-0.25, -0.2) is 4.68 Å². The molecule has 1 heterocycles. The molecule has 0 radical (unpaired) electrons. The van der Waals surface area contributed by atoms with Crippen molar-refractivity contribution >= 4 is 28.3 Å². The standard InChI is InChI=1S/C12H10IN3O3/c13-10-7-12(17)15(14-8-10)6-5-9-1-3-11(4-2-9)16(18)19/h1-4,7-8H,5-6H2. The zero-order chi connectivity index (χ0) is 13.8. The monoisotopic (exact) mass is 371 g/mol. The highest BCUT2D eigenvalue weighted by molar-refractivity contribution is 14.1. The molecular formula is C12H10IN3O3. The number of aryl methyl sites for hydroxylation is 2. The number of benzene rings is 1. The Hall–Kier alpha value is -1.77. The fourth-order valence-corrected chi connectivity index (χ4v) is 1.99. The van der Waals surface area contributed by atoms with Gasteiger partial charge in [-0.05, 0) is 34.6 Å². The van der Waals surface area contributed by atoms with Crippen LogP contribution in [0.1, 0.15) is 5.56 Å². The second-order valence-corrected chi connectivity index (χ2v) is 5.15. The van der Waals surface area contributed by atoms with Gasteiger partial charge in [0.15, 0.2) is 0 Å². The first kappa shape index (κ1) is 13.7. The largest absolute Gasteiger partial charge is 0.269 e. The number of non-ortho nitro benzene ring substituents is 1. The number of hydrogen-bond acceptors (Lipinski definition) is 4. The Kier molecular flexibility index (Phi) is 4.25. The van der Waals surface area contributed by atoms with E-state index in [1.807, 2.05) is 22.6 Å². The summed E-state index contributed by atoms with van der Waals surface area (Å²) in [6.45, 7) is 0.452. The van der Waals surface area contributed by atoms with E-state index in [2.05, 4.69) is 5.10 Å². The molecule has 0 aliphatic carbocycles. The van der Waals surface area contributed by atoms with E-state index in [1.165, 1.54) is 22.9 Å².